The predicted molar refractivity (Wildman–Crippen MR) is 86.4 cm³/mol. The molecule has 0 spiro atoms. The number of hydrogen-bond donors (Lipinski definition) is 2. The van der Waals surface area contributed by atoms with Crippen molar-refractivity contribution in [2.24, 2.45) is 0 Å². The van der Waals surface area contributed by atoms with Crippen molar-refractivity contribution in [2.75, 3.05) is 16.8 Å². The minimum Gasteiger partial charge on any atom is -0.465 e. The number of carbonyl (C=O) groups is 1. The van der Waals surface area contributed by atoms with Gasteiger partial charge in [0.05, 0.1) is 23.1 Å². The smallest absolute Gasteiger partial charge is 0.411 e. The van der Waals surface area contributed by atoms with Gasteiger partial charge in [-0.05, 0) is 56.2 Å². The topological polar surface area (TPSA) is 65.5 Å². The fourth-order valence-corrected chi connectivity index (χ4v) is 2.78. The number of amides is 1. The summed E-state index contributed by atoms with van der Waals surface area (Å²) in [6.45, 7) is 2.47. The van der Waals surface area contributed by atoms with E-state index in [2.05, 4.69) is 10.3 Å². The van der Waals surface area contributed by atoms with Crippen molar-refractivity contribution >= 4 is 17.5 Å². The first-order valence-electron chi connectivity index (χ1n) is 7.57. The second-order valence-electron chi connectivity index (χ2n) is 5.61. The largest absolute Gasteiger partial charge is 0.465 e. The van der Waals surface area contributed by atoms with Crippen LogP contribution in [0.15, 0.2) is 36.4 Å². The summed E-state index contributed by atoms with van der Waals surface area (Å²) in [6, 6.07) is 9.74. The highest BCUT2D eigenvalue weighted by Gasteiger charge is 2.23. The molecule has 2 aromatic rings. The van der Waals surface area contributed by atoms with E-state index in [9.17, 15) is 14.3 Å². The molecule has 0 bridgehead atoms. The third-order valence-corrected chi connectivity index (χ3v) is 3.96. The van der Waals surface area contributed by atoms with Crippen molar-refractivity contribution in [3.05, 3.63) is 53.6 Å². The van der Waals surface area contributed by atoms with Crippen LogP contribution in [-0.4, -0.2) is 22.7 Å². The minimum absolute atomic E-state index is 0.0639. The van der Waals surface area contributed by atoms with E-state index in [1.165, 1.54) is 17.0 Å². The molecule has 1 aromatic carbocycles. The number of halogens is 1. The molecule has 120 valence electrons. The van der Waals surface area contributed by atoms with Crippen LogP contribution in [0.2, 0.25) is 0 Å². The van der Waals surface area contributed by atoms with Crippen LogP contribution in [0.3, 0.4) is 0 Å². The standard InChI is InChI=1S/C17H18FN3O2/c1-11(19-13-6-4-12(18)5-7-13)14-8-9-16-15(20-14)3-2-10-21(16)17(22)23/h4-9,11,19H,2-3,10H2,1H3,(H,22,23). The van der Waals surface area contributed by atoms with Gasteiger partial charge in [-0.1, -0.05) is 0 Å². The molecule has 5 nitrogen and oxygen atoms in total. The Morgan fingerprint density at radius 3 is 2.74 bits per heavy atom. The second kappa shape index (κ2) is 6.24. The molecule has 0 saturated carbocycles. The summed E-state index contributed by atoms with van der Waals surface area (Å²) < 4.78 is 12.9. The maximum Gasteiger partial charge on any atom is 0.411 e. The highest BCUT2D eigenvalue weighted by atomic mass is 19.1. The van der Waals surface area contributed by atoms with Gasteiger partial charge in [-0.25, -0.2) is 9.18 Å². The van der Waals surface area contributed by atoms with E-state index in [1.54, 1.807) is 12.1 Å². The van der Waals surface area contributed by atoms with Crippen LogP contribution < -0.4 is 10.2 Å². The lowest BCUT2D eigenvalue weighted by atomic mass is 10.1. The number of aromatic nitrogens is 1. The van der Waals surface area contributed by atoms with Crippen LogP contribution >= 0.6 is 0 Å². The Morgan fingerprint density at radius 1 is 1.30 bits per heavy atom. The third kappa shape index (κ3) is 3.26. The molecule has 1 aromatic heterocycles. The number of aryl methyl sites for hydroxylation is 1. The highest BCUT2D eigenvalue weighted by Crippen LogP contribution is 2.28. The van der Waals surface area contributed by atoms with Crippen molar-refractivity contribution < 1.29 is 14.3 Å². The number of fused-ring (bicyclic) bond motifs is 1. The van der Waals surface area contributed by atoms with Gasteiger partial charge in [-0.2, -0.15) is 0 Å². The molecule has 1 aliphatic heterocycles. The molecular weight excluding hydrogens is 297 g/mol. The Labute approximate surface area is 133 Å². The van der Waals surface area contributed by atoms with E-state index in [1.807, 2.05) is 19.1 Å². The first-order chi connectivity index (χ1) is 11.0. The molecule has 2 N–H and O–H groups in total. The van der Waals surface area contributed by atoms with Crippen LogP contribution in [-0.2, 0) is 6.42 Å². The zero-order valence-corrected chi connectivity index (χ0v) is 12.8. The summed E-state index contributed by atoms with van der Waals surface area (Å²) in [7, 11) is 0. The molecule has 23 heavy (non-hydrogen) atoms. The Morgan fingerprint density at radius 2 is 2.04 bits per heavy atom. The van der Waals surface area contributed by atoms with Crippen LogP contribution in [0, 0.1) is 5.82 Å². The van der Waals surface area contributed by atoms with Crippen molar-refractivity contribution in [1.82, 2.24) is 4.98 Å². The van der Waals surface area contributed by atoms with Gasteiger partial charge in [-0.15, -0.1) is 0 Å². The fraction of sp³-hybridized carbons (Fsp3) is 0.294. The number of pyridine rings is 1. The minimum atomic E-state index is -0.946. The van der Waals surface area contributed by atoms with Gasteiger partial charge in [0.25, 0.3) is 0 Å². The Hall–Kier alpha value is -2.63. The van der Waals surface area contributed by atoms with E-state index in [0.29, 0.717) is 12.2 Å². The van der Waals surface area contributed by atoms with Crippen molar-refractivity contribution in [3.63, 3.8) is 0 Å². The number of nitrogens with zero attached hydrogens (tertiary/aromatic N) is 2. The molecule has 0 radical (unpaired) electrons. The molecule has 1 amide bonds. The van der Waals surface area contributed by atoms with Gasteiger partial charge in [0.2, 0.25) is 0 Å². The summed E-state index contributed by atoms with van der Waals surface area (Å²) in [5.41, 5.74) is 3.12. The van der Waals surface area contributed by atoms with Crippen molar-refractivity contribution in [2.45, 2.75) is 25.8 Å². The SMILES string of the molecule is CC(Nc1ccc(F)cc1)c1ccc2c(n1)CCCN2C(=O)O. The van der Waals surface area contributed by atoms with Crippen LogP contribution in [0.1, 0.15) is 30.8 Å². The van der Waals surface area contributed by atoms with Gasteiger partial charge in [0.15, 0.2) is 0 Å². The lowest BCUT2D eigenvalue weighted by Crippen LogP contribution is -2.34. The number of benzene rings is 1. The summed E-state index contributed by atoms with van der Waals surface area (Å²) in [5.74, 6) is -0.274. The van der Waals surface area contributed by atoms with E-state index < -0.39 is 6.09 Å². The van der Waals surface area contributed by atoms with Gasteiger partial charge in [0, 0.05) is 12.2 Å². The molecule has 2 heterocycles. The monoisotopic (exact) mass is 315 g/mol. The first kappa shape index (κ1) is 15.3. The van der Waals surface area contributed by atoms with E-state index in [0.717, 1.165) is 29.9 Å². The molecule has 0 aliphatic carbocycles. The van der Waals surface area contributed by atoms with Crippen LogP contribution in [0.5, 0.6) is 0 Å². The zero-order valence-electron chi connectivity index (χ0n) is 12.8. The number of anilines is 2. The number of nitrogens with one attached hydrogen (secondary N) is 1. The summed E-state index contributed by atoms with van der Waals surface area (Å²) >= 11 is 0. The summed E-state index contributed by atoms with van der Waals surface area (Å²) in [6.07, 6.45) is 0.601. The van der Waals surface area contributed by atoms with Gasteiger partial charge >= 0.3 is 6.09 Å². The molecule has 3 rings (SSSR count). The predicted octanol–water partition coefficient (Wildman–Crippen LogP) is 3.82. The summed E-state index contributed by atoms with van der Waals surface area (Å²) in [4.78, 5) is 17.2. The van der Waals surface area contributed by atoms with Crippen LogP contribution in [0.25, 0.3) is 0 Å². The van der Waals surface area contributed by atoms with E-state index >= 15 is 0 Å². The molecule has 1 atom stereocenters. The van der Waals surface area contributed by atoms with Crippen molar-refractivity contribution in [3.8, 4) is 0 Å². The molecule has 1 aliphatic rings. The van der Waals surface area contributed by atoms with Gasteiger partial charge in [0.1, 0.15) is 5.82 Å². The highest BCUT2D eigenvalue weighted by molar-refractivity contribution is 5.87. The maximum absolute atomic E-state index is 12.9. The average molecular weight is 315 g/mol. The molecule has 0 fully saturated rings. The molecule has 1 unspecified atom stereocenters. The van der Waals surface area contributed by atoms with Crippen molar-refractivity contribution in [1.29, 1.82) is 0 Å². The average Bonchev–Trinajstić information content (AvgIpc) is 2.55. The lowest BCUT2D eigenvalue weighted by molar-refractivity contribution is 0.201. The first-order valence-corrected chi connectivity index (χ1v) is 7.57. The Bertz CT molecular complexity index is 718. The fourth-order valence-electron chi connectivity index (χ4n) is 2.78. The number of rotatable bonds is 3. The van der Waals surface area contributed by atoms with Crippen LogP contribution in [0.4, 0.5) is 20.6 Å². The third-order valence-electron chi connectivity index (χ3n) is 3.96. The Balaban J connectivity index is 1.80. The van der Waals surface area contributed by atoms with Gasteiger partial charge < -0.3 is 10.4 Å². The van der Waals surface area contributed by atoms with E-state index in [-0.39, 0.29) is 11.9 Å². The molecule has 0 saturated heterocycles. The lowest BCUT2D eigenvalue weighted by Gasteiger charge is -2.27. The molecular formula is C17H18FN3O2. The molecule has 6 heteroatoms. The van der Waals surface area contributed by atoms with E-state index in [4.69, 9.17) is 0 Å². The normalized spacial score (nSPS) is 15.0. The number of carboxylic acid groups (broad SMARTS) is 1. The maximum atomic E-state index is 12.9. The quantitative estimate of drug-likeness (QED) is 0.903. The number of hydrogen-bond acceptors (Lipinski definition) is 3. The van der Waals surface area contributed by atoms with Gasteiger partial charge in [-0.3, -0.25) is 9.88 Å². The second-order valence-corrected chi connectivity index (χ2v) is 5.61. The zero-order chi connectivity index (χ0) is 16.4. The Kier molecular flexibility index (Phi) is 4.14. The summed E-state index contributed by atoms with van der Waals surface area (Å²) in [5, 5.41) is 12.5.